The molecule has 10 heteroatoms. The predicted octanol–water partition coefficient (Wildman–Crippen LogP) is 4.76. The molecule has 2 aromatic rings. The number of rotatable bonds is 7. The van der Waals surface area contributed by atoms with Crippen LogP contribution in [-0.2, 0) is 11.0 Å². The maximum Gasteiger partial charge on any atom is 0.417 e. The molecule has 1 aromatic heterocycles. The highest BCUT2D eigenvalue weighted by atomic mass is 35.5. The van der Waals surface area contributed by atoms with Crippen LogP contribution in [-0.4, -0.2) is 72.5 Å². The van der Waals surface area contributed by atoms with E-state index in [0.29, 0.717) is 25.2 Å². The highest BCUT2D eigenvalue weighted by Gasteiger charge is 2.31. The number of piperazine rings is 1. The maximum absolute atomic E-state index is 12.9. The second kappa shape index (κ2) is 11.5. The van der Waals surface area contributed by atoms with Crippen LogP contribution in [0.25, 0.3) is 0 Å². The highest BCUT2D eigenvalue weighted by molar-refractivity contribution is 6.30. The van der Waals surface area contributed by atoms with Gasteiger partial charge in [0.05, 0.1) is 11.3 Å². The normalized spacial score (nSPS) is 19.6. The maximum atomic E-state index is 12.9. The number of benzene rings is 1. The van der Waals surface area contributed by atoms with Crippen LogP contribution in [0.5, 0.6) is 0 Å². The first-order chi connectivity index (χ1) is 16.8. The lowest BCUT2D eigenvalue weighted by atomic mass is 10.0. The molecular formula is C25H31ClF3N5O. The third kappa shape index (κ3) is 7.24. The average Bonchev–Trinajstić information content (AvgIpc) is 2.85. The Morgan fingerprint density at radius 3 is 2.54 bits per heavy atom. The summed E-state index contributed by atoms with van der Waals surface area (Å²) >= 11 is 5.98. The number of carbonyl (C=O) groups is 1. The van der Waals surface area contributed by atoms with Crippen LogP contribution in [0, 0.1) is 0 Å². The molecule has 190 valence electrons. The van der Waals surface area contributed by atoms with Gasteiger partial charge in [0.25, 0.3) is 0 Å². The van der Waals surface area contributed by atoms with Crippen molar-refractivity contribution in [2.24, 2.45) is 0 Å². The molecule has 0 bridgehead atoms. The van der Waals surface area contributed by atoms with E-state index in [9.17, 15) is 18.0 Å². The van der Waals surface area contributed by atoms with Gasteiger partial charge in [-0.2, -0.15) is 13.2 Å². The molecule has 1 atom stereocenters. The summed E-state index contributed by atoms with van der Waals surface area (Å²) in [5.41, 5.74) is 0.732. The number of nitrogens with one attached hydrogen (secondary N) is 1. The lowest BCUT2D eigenvalue weighted by molar-refractivity contribution is -0.137. The second-order valence-corrected chi connectivity index (χ2v) is 9.63. The van der Waals surface area contributed by atoms with Crippen molar-refractivity contribution >= 4 is 28.9 Å². The Morgan fingerprint density at radius 1 is 1.09 bits per heavy atom. The van der Waals surface area contributed by atoms with E-state index in [1.54, 1.807) is 0 Å². The number of halogens is 4. The van der Waals surface area contributed by atoms with E-state index in [1.807, 2.05) is 29.2 Å². The molecule has 0 spiro atoms. The van der Waals surface area contributed by atoms with Crippen molar-refractivity contribution < 1.29 is 18.0 Å². The molecule has 2 aliphatic heterocycles. The molecule has 2 aliphatic rings. The SMILES string of the molecule is O=C(CCCN1CCN(c2ccc(Cl)cc2)CC1)N1CCCC(Nc2cncc(C(F)(F)F)c2)C1. The summed E-state index contributed by atoms with van der Waals surface area (Å²) in [6, 6.07) is 8.89. The zero-order chi connectivity index (χ0) is 24.8. The molecule has 2 fully saturated rings. The van der Waals surface area contributed by atoms with E-state index >= 15 is 0 Å². The first-order valence-corrected chi connectivity index (χ1v) is 12.5. The molecule has 1 aromatic carbocycles. The van der Waals surface area contributed by atoms with Crippen LogP contribution in [0.1, 0.15) is 31.2 Å². The zero-order valence-corrected chi connectivity index (χ0v) is 20.4. The van der Waals surface area contributed by atoms with Crippen LogP contribution in [0.15, 0.2) is 42.7 Å². The highest BCUT2D eigenvalue weighted by Crippen LogP contribution is 2.30. The van der Waals surface area contributed by atoms with Gasteiger partial charge in [-0.1, -0.05) is 11.6 Å². The number of anilines is 2. The van der Waals surface area contributed by atoms with Crippen molar-refractivity contribution in [3.8, 4) is 0 Å². The van der Waals surface area contributed by atoms with E-state index in [2.05, 4.69) is 20.1 Å². The minimum absolute atomic E-state index is 0.0843. The monoisotopic (exact) mass is 509 g/mol. The van der Waals surface area contributed by atoms with Gasteiger partial charge in [-0.15, -0.1) is 0 Å². The minimum atomic E-state index is -4.43. The summed E-state index contributed by atoms with van der Waals surface area (Å²) in [5.74, 6) is 0.110. The fraction of sp³-hybridized carbons (Fsp3) is 0.520. The van der Waals surface area contributed by atoms with Crippen molar-refractivity contribution in [3.05, 3.63) is 53.3 Å². The fourth-order valence-electron chi connectivity index (χ4n) is 4.72. The van der Waals surface area contributed by atoms with Crippen LogP contribution < -0.4 is 10.2 Å². The summed E-state index contributed by atoms with van der Waals surface area (Å²) < 4.78 is 38.8. The molecule has 4 rings (SSSR count). The van der Waals surface area contributed by atoms with Gasteiger partial charge in [-0.3, -0.25) is 14.7 Å². The van der Waals surface area contributed by atoms with Crippen LogP contribution >= 0.6 is 11.6 Å². The van der Waals surface area contributed by atoms with Gasteiger partial charge in [-0.05, 0) is 56.1 Å². The topological polar surface area (TPSA) is 51.7 Å². The van der Waals surface area contributed by atoms with Gasteiger partial charge in [0.1, 0.15) is 0 Å². The summed E-state index contributed by atoms with van der Waals surface area (Å²) in [4.78, 5) is 23.1. The lowest BCUT2D eigenvalue weighted by Gasteiger charge is -2.36. The third-order valence-electron chi connectivity index (χ3n) is 6.64. The van der Waals surface area contributed by atoms with Gasteiger partial charge in [0.15, 0.2) is 0 Å². The van der Waals surface area contributed by atoms with Crippen LogP contribution in [0.3, 0.4) is 0 Å². The summed E-state index contributed by atoms with van der Waals surface area (Å²) in [6.45, 7) is 5.87. The molecular weight excluding hydrogens is 479 g/mol. The lowest BCUT2D eigenvalue weighted by Crippen LogP contribution is -2.47. The summed E-state index contributed by atoms with van der Waals surface area (Å²) in [5, 5.41) is 3.87. The first-order valence-electron chi connectivity index (χ1n) is 12.1. The Morgan fingerprint density at radius 2 is 1.83 bits per heavy atom. The molecule has 1 N–H and O–H groups in total. The standard InChI is InChI=1S/C25H31ClF3N5O/c26-20-5-7-23(8-6-20)33-13-11-32(12-14-33)9-2-4-24(35)34-10-1-3-21(18-34)31-22-15-19(16-30-17-22)25(27,28)29/h5-8,15-17,21,31H,1-4,9-14,18H2. The Labute approximate surface area is 209 Å². The van der Waals surface area contributed by atoms with Crippen molar-refractivity contribution in [3.63, 3.8) is 0 Å². The zero-order valence-electron chi connectivity index (χ0n) is 19.6. The van der Waals surface area contributed by atoms with Gasteiger partial charge in [0, 0.05) is 74.8 Å². The number of pyridine rings is 1. The number of piperidine rings is 1. The fourth-order valence-corrected chi connectivity index (χ4v) is 4.85. The number of hydrogen-bond acceptors (Lipinski definition) is 5. The third-order valence-corrected chi connectivity index (χ3v) is 6.89. The number of carbonyl (C=O) groups excluding carboxylic acids is 1. The molecule has 1 amide bonds. The molecule has 2 saturated heterocycles. The van der Waals surface area contributed by atoms with E-state index in [-0.39, 0.29) is 11.9 Å². The average molecular weight is 510 g/mol. The second-order valence-electron chi connectivity index (χ2n) is 9.19. The van der Waals surface area contributed by atoms with E-state index in [4.69, 9.17) is 11.6 Å². The molecule has 0 aliphatic carbocycles. The molecule has 1 unspecified atom stereocenters. The molecule has 0 saturated carbocycles. The quantitative estimate of drug-likeness (QED) is 0.583. The van der Waals surface area contributed by atoms with Crippen molar-refractivity contribution in [1.82, 2.24) is 14.8 Å². The van der Waals surface area contributed by atoms with Gasteiger partial charge < -0.3 is 15.1 Å². The predicted molar refractivity (Wildman–Crippen MR) is 132 cm³/mol. The summed E-state index contributed by atoms with van der Waals surface area (Å²) in [7, 11) is 0. The number of aromatic nitrogens is 1. The van der Waals surface area contributed by atoms with Crippen LogP contribution in [0.4, 0.5) is 24.5 Å². The van der Waals surface area contributed by atoms with E-state index < -0.39 is 11.7 Å². The van der Waals surface area contributed by atoms with Crippen molar-refractivity contribution in [2.75, 3.05) is 56.0 Å². The Balaban J connectivity index is 1.18. The molecule has 35 heavy (non-hydrogen) atoms. The number of alkyl halides is 3. The number of hydrogen-bond donors (Lipinski definition) is 1. The van der Waals surface area contributed by atoms with E-state index in [1.165, 1.54) is 11.9 Å². The summed E-state index contributed by atoms with van der Waals surface area (Å²) in [6.07, 6.45) is 0.686. The molecule has 3 heterocycles. The van der Waals surface area contributed by atoms with Crippen LogP contribution in [0.2, 0.25) is 5.02 Å². The minimum Gasteiger partial charge on any atom is -0.379 e. The smallest absolute Gasteiger partial charge is 0.379 e. The van der Waals surface area contributed by atoms with E-state index in [0.717, 1.165) is 69.3 Å². The molecule has 6 nitrogen and oxygen atoms in total. The Kier molecular flexibility index (Phi) is 8.38. The van der Waals surface area contributed by atoms with Gasteiger partial charge in [-0.25, -0.2) is 0 Å². The van der Waals surface area contributed by atoms with Gasteiger partial charge >= 0.3 is 6.18 Å². The number of amides is 1. The molecule has 0 radical (unpaired) electrons. The Bertz CT molecular complexity index is 980. The Hall–Kier alpha value is -2.52. The number of likely N-dealkylation sites (tertiary alicyclic amines) is 1. The van der Waals surface area contributed by atoms with Crippen molar-refractivity contribution in [2.45, 2.75) is 37.9 Å². The largest absolute Gasteiger partial charge is 0.417 e. The number of nitrogens with zero attached hydrogens (tertiary/aromatic N) is 4. The van der Waals surface area contributed by atoms with Crippen molar-refractivity contribution in [1.29, 1.82) is 0 Å². The first kappa shape index (κ1) is 25.6. The van der Waals surface area contributed by atoms with Gasteiger partial charge in [0.2, 0.25) is 5.91 Å².